The first-order valence-corrected chi connectivity index (χ1v) is 8.65. The zero-order chi connectivity index (χ0) is 18.8. The molecule has 0 aliphatic heterocycles. The molecule has 0 spiro atoms. The molecule has 1 aromatic carbocycles. The Balaban J connectivity index is 1.86. The molecule has 5 nitrogen and oxygen atoms in total. The van der Waals surface area contributed by atoms with Crippen molar-refractivity contribution in [1.29, 1.82) is 0 Å². The summed E-state index contributed by atoms with van der Waals surface area (Å²) in [6, 6.07) is 13.5. The number of hydrogen-bond acceptors (Lipinski definition) is 5. The monoisotopic (exact) mass is 357 g/mol. The molecule has 5 heteroatoms. The molecule has 4 rings (SSSR count). The van der Waals surface area contributed by atoms with Crippen molar-refractivity contribution in [2.45, 2.75) is 13.8 Å². The normalized spacial score (nSPS) is 10.8. The Morgan fingerprint density at radius 1 is 0.926 bits per heavy atom. The highest BCUT2D eigenvalue weighted by Crippen LogP contribution is 2.36. The van der Waals surface area contributed by atoms with Crippen molar-refractivity contribution < 1.29 is 9.47 Å². The van der Waals surface area contributed by atoms with E-state index in [9.17, 15) is 0 Å². The van der Waals surface area contributed by atoms with Crippen molar-refractivity contribution in [3.63, 3.8) is 0 Å². The molecule has 0 saturated heterocycles. The van der Waals surface area contributed by atoms with Crippen LogP contribution in [-0.4, -0.2) is 22.1 Å². The van der Waals surface area contributed by atoms with Crippen LogP contribution in [-0.2, 0) is 0 Å². The van der Waals surface area contributed by atoms with Gasteiger partial charge in [0.1, 0.15) is 17.2 Å². The number of aromatic nitrogens is 3. The average molecular weight is 357 g/mol. The maximum Gasteiger partial charge on any atom is 0.154 e. The predicted octanol–water partition coefficient (Wildman–Crippen LogP) is 5.11. The molecule has 4 aromatic rings. The fourth-order valence-electron chi connectivity index (χ4n) is 2.90. The number of rotatable bonds is 4. The van der Waals surface area contributed by atoms with Gasteiger partial charge in [-0.2, -0.15) is 0 Å². The van der Waals surface area contributed by atoms with E-state index in [0.717, 1.165) is 39.2 Å². The van der Waals surface area contributed by atoms with Crippen molar-refractivity contribution >= 4 is 10.9 Å². The quantitative estimate of drug-likeness (QED) is 0.508. The van der Waals surface area contributed by atoms with Crippen LogP contribution >= 0.6 is 0 Å². The van der Waals surface area contributed by atoms with Crippen LogP contribution in [0.15, 0.2) is 61.1 Å². The van der Waals surface area contributed by atoms with Gasteiger partial charge in [0.25, 0.3) is 0 Å². The van der Waals surface area contributed by atoms with Crippen molar-refractivity contribution in [3.05, 3.63) is 72.3 Å². The molecule has 0 aliphatic rings. The van der Waals surface area contributed by atoms with Crippen LogP contribution in [0.3, 0.4) is 0 Å². The number of fused-ring (bicyclic) bond motifs is 1. The highest BCUT2D eigenvalue weighted by Gasteiger charge is 2.14. The number of aryl methyl sites for hydroxylation is 2. The fraction of sp³-hybridized carbons (Fsp3) is 0.136. The second-order valence-electron chi connectivity index (χ2n) is 6.27. The van der Waals surface area contributed by atoms with E-state index in [-0.39, 0.29) is 0 Å². The zero-order valence-electron chi connectivity index (χ0n) is 15.4. The van der Waals surface area contributed by atoms with Gasteiger partial charge >= 0.3 is 0 Å². The Labute approximate surface area is 157 Å². The van der Waals surface area contributed by atoms with Gasteiger partial charge in [0.15, 0.2) is 5.75 Å². The molecule has 0 saturated carbocycles. The first-order valence-electron chi connectivity index (χ1n) is 8.65. The van der Waals surface area contributed by atoms with E-state index >= 15 is 0 Å². The lowest BCUT2D eigenvalue weighted by Crippen LogP contribution is -1.97. The molecular formula is C22H19N3O2. The summed E-state index contributed by atoms with van der Waals surface area (Å²) in [7, 11) is 1.64. The topological polar surface area (TPSA) is 57.1 Å². The second kappa shape index (κ2) is 7.03. The third-order valence-corrected chi connectivity index (χ3v) is 4.49. The largest absolute Gasteiger partial charge is 0.497 e. The summed E-state index contributed by atoms with van der Waals surface area (Å²) in [5, 5.41) is 0.882. The predicted molar refractivity (Wildman–Crippen MR) is 105 cm³/mol. The minimum atomic E-state index is 0.682. The SMILES string of the molecule is COc1ccc2nccc(Oc3cc(C)c(C)nc3-c3cccnc3)c2c1. The Morgan fingerprint density at radius 3 is 2.59 bits per heavy atom. The molecule has 134 valence electrons. The maximum atomic E-state index is 6.33. The highest BCUT2D eigenvalue weighted by atomic mass is 16.5. The molecule has 3 heterocycles. The Hall–Kier alpha value is -3.47. The van der Waals surface area contributed by atoms with Gasteiger partial charge in [-0.25, -0.2) is 4.98 Å². The van der Waals surface area contributed by atoms with E-state index in [1.54, 1.807) is 25.7 Å². The third kappa shape index (κ3) is 3.31. The number of pyridine rings is 3. The van der Waals surface area contributed by atoms with Crippen LogP contribution in [0, 0.1) is 13.8 Å². The Morgan fingerprint density at radius 2 is 1.81 bits per heavy atom. The van der Waals surface area contributed by atoms with Gasteiger partial charge in [-0.1, -0.05) is 0 Å². The van der Waals surface area contributed by atoms with Gasteiger partial charge in [0.05, 0.1) is 12.6 Å². The van der Waals surface area contributed by atoms with E-state index in [2.05, 4.69) is 9.97 Å². The van der Waals surface area contributed by atoms with Gasteiger partial charge in [-0.15, -0.1) is 0 Å². The summed E-state index contributed by atoms with van der Waals surface area (Å²) in [6.07, 6.45) is 5.27. The van der Waals surface area contributed by atoms with Gasteiger partial charge in [0.2, 0.25) is 0 Å². The third-order valence-electron chi connectivity index (χ3n) is 4.49. The van der Waals surface area contributed by atoms with Crippen molar-refractivity contribution in [2.24, 2.45) is 0 Å². The molecule has 27 heavy (non-hydrogen) atoms. The van der Waals surface area contributed by atoms with Gasteiger partial charge < -0.3 is 9.47 Å². The minimum Gasteiger partial charge on any atom is -0.497 e. The summed E-state index contributed by atoms with van der Waals surface area (Å²) in [5.41, 5.74) is 4.54. The van der Waals surface area contributed by atoms with Crippen LogP contribution in [0.25, 0.3) is 22.2 Å². The number of ether oxygens (including phenoxy) is 2. The lowest BCUT2D eigenvalue weighted by atomic mass is 10.1. The van der Waals surface area contributed by atoms with Crippen LogP contribution < -0.4 is 9.47 Å². The molecule has 0 radical (unpaired) electrons. The van der Waals surface area contributed by atoms with Crippen LogP contribution in [0.4, 0.5) is 0 Å². The summed E-state index contributed by atoms with van der Waals surface area (Å²) in [6.45, 7) is 4.02. The minimum absolute atomic E-state index is 0.682. The summed E-state index contributed by atoms with van der Waals surface area (Å²) < 4.78 is 11.7. The summed E-state index contributed by atoms with van der Waals surface area (Å²) in [4.78, 5) is 13.4. The molecule has 0 atom stereocenters. The van der Waals surface area contributed by atoms with Crippen LogP contribution in [0.5, 0.6) is 17.2 Å². The summed E-state index contributed by atoms with van der Waals surface area (Å²) >= 11 is 0. The second-order valence-corrected chi connectivity index (χ2v) is 6.27. The molecule has 0 N–H and O–H groups in total. The molecular weight excluding hydrogens is 338 g/mol. The number of benzene rings is 1. The van der Waals surface area contributed by atoms with Crippen molar-refractivity contribution in [2.75, 3.05) is 7.11 Å². The van der Waals surface area contributed by atoms with Crippen molar-refractivity contribution in [3.8, 4) is 28.5 Å². The van der Waals surface area contributed by atoms with Gasteiger partial charge in [-0.05, 0) is 61.9 Å². The molecule has 0 amide bonds. The molecule has 0 aliphatic carbocycles. The molecule has 0 fully saturated rings. The molecule has 0 unspecified atom stereocenters. The first kappa shape index (κ1) is 17.0. The van der Waals surface area contributed by atoms with Crippen LogP contribution in [0.2, 0.25) is 0 Å². The first-order chi connectivity index (χ1) is 13.2. The number of hydrogen-bond donors (Lipinski definition) is 0. The van der Waals surface area contributed by atoms with Gasteiger partial charge in [-0.3, -0.25) is 9.97 Å². The Kier molecular flexibility index (Phi) is 4.42. The van der Waals surface area contributed by atoms with E-state index in [1.165, 1.54) is 0 Å². The lowest BCUT2D eigenvalue weighted by molar-refractivity contribution is 0.415. The van der Waals surface area contributed by atoms with E-state index in [4.69, 9.17) is 14.5 Å². The highest BCUT2D eigenvalue weighted by molar-refractivity contribution is 5.86. The lowest BCUT2D eigenvalue weighted by Gasteiger charge is -2.14. The van der Waals surface area contributed by atoms with Crippen molar-refractivity contribution in [1.82, 2.24) is 15.0 Å². The standard InChI is InChI=1S/C22H19N3O2/c1-14-11-21(22(25-15(14)2)16-5-4-9-23-13-16)27-20-8-10-24-19-7-6-17(26-3)12-18(19)20/h4-13H,1-3H3. The van der Waals surface area contributed by atoms with Gasteiger partial charge in [0, 0.05) is 35.2 Å². The van der Waals surface area contributed by atoms with E-state index in [1.807, 2.05) is 56.3 Å². The molecule has 0 bridgehead atoms. The zero-order valence-corrected chi connectivity index (χ0v) is 15.4. The van der Waals surface area contributed by atoms with Crippen LogP contribution in [0.1, 0.15) is 11.3 Å². The van der Waals surface area contributed by atoms with E-state index < -0.39 is 0 Å². The maximum absolute atomic E-state index is 6.33. The molecule has 3 aromatic heterocycles. The fourth-order valence-corrected chi connectivity index (χ4v) is 2.90. The van der Waals surface area contributed by atoms with E-state index in [0.29, 0.717) is 11.5 Å². The average Bonchev–Trinajstić information content (AvgIpc) is 2.71. The smallest absolute Gasteiger partial charge is 0.154 e. The Bertz CT molecular complexity index is 1110. The summed E-state index contributed by atoms with van der Waals surface area (Å²) in [5.74, 6) is 2.14. The number of nitrogens with zero attached hydrogens (tertiary/aromatic N) is 3. The number of methoxy groups -OCH3 is 1.